The molecule has 0 aliphatic carbocycles. The van der Waals surface area contributed by atoms with Crippen molar-refractivity contribution in [3.8, 4) is 0 Å². The monoisotopic (exact) mass is 228 g/mol. The van der Waals surface area contributed by atoms with Gasteiger partial charge in [-0.25, -0.2) is 0 Å². The molecule has 0 saturated carbocycles. The molecular weight excluding hydrogens is 204 g/mol. The summed E-state index contributed by atoms with van der Waals surface area (Å²) in [5, 5.41) is 0. The number of ether oxygens (including phenoxy) is 1. The number of amides is 1. The van der Waals surface area contributed by atoms with Gasteiger partial charge in [0, 0.05) is 27.7 Å². The van der Waals surface area contributed by atoms with E-state index in [1.165, 1.54) is 12.8 Å². The maximum Gasteiger partial charge on any atom is 0.239 e. The number of likely N-dealkylation sites (tertiary alicyclic amines) is 1. The maximum atomic E-state index is 11.9. The summed E-state index contributed by atoms with van der Waals surface area (Å²) in [6.45, 7) is 4.81. The van der Waals surface area contributed by atoms with E-state index in [2.05, 4.69) is 4.90 Å². The quantitative estimate of drug-likeness (QED) is 0.714. The van der Waals surface area contributed by atoms with Gasteiger partial charge in [0.25, 0.3) is 0 Å². The van der Waals surface area contributed by atoms with E-state index in [0.29, 0.717) is 5.92 Å². The van der Waals surface area contributed by atoms with Gasteiger partial charge < -0.3 is 9.64 Å². The van der Waals surface area contributed by atoms with Gasteiger partial charge in [-0.15, -0.1) is 0 Å². The van der Waals surface area contributed by atoms with E-state index < -0.39 is 0 Å². The van der Waals surface area contributed by atoms with Crippen molar-refractivity contribution in [3.05, 3.63) is 0 Å². The lowest BCUT2D eigenvalue weighted by Gasteiger charge is -2.36. The predicted octanol–water partition coefficient (Wildman–Crippen LogP) is 0.822. The van der Waals surface area contributed by atoms with E-state index >= 15 is 0 Å². The molecule has 0 aromatic rings. The van der Waals surface area contributed by atoms with Crippen LogP contribution < -0.4 is 0 Å². The second-order valence-electron chi connectivity index (χ2n) is 4.87. The highest BCUT2D eigenvalue weighted by Gasteiger charge is 2.27. The lowest BCUT2D eigenvalue weighted by Crippen LogP contribution is -2.49. The molecule has 0 radical (unpaired) electrons. The Morgan fingerprint density at radius 1 is 1.56 bits per heavy atom. The van der Waals surface area contributed by atoms with Crippen molar-refractivity contribution in [3.63, 3.8) is 0 Å². The van der Waals surface area contributed by atoms with Crippen molar-refractivity contribution in [2.24, 2.45) is 5.92 Å². The van der Waals surface area contributed by atoms with Crippen molar-refractivity contribution < 1.29 is 9.53 Å². The third-order valence-electron chi connectivity index (χ3n) is 3.30. The summed E-state index contributed by atoms with van der Waals surface area (Å²) in [4.78, 5) is 15.8. The molecule has 4 nitrogen and oxygen atoms in total. The van der Waals surface area contributed by atoms with E-state index in [1.54, 1.807) is 12.0 Å². The maximum absolute atomic E-state index is 11.9. The summed E-state index contributed by atoms with van der Waals surface area (Å²) < 4.78 is 5.20. The van der Waals surface area contributed by atoms with Crippen LogP contribution in [0.4, 0.5) is 0 Å². The zero-order valence-electron chi connectivity index (χ0n) is 10.9. The van der Waals surface area contributed by atoms with Gasteiger partial charge in [0.2, 0.25) is 5.91 Å². The first-order valence-corrected chi connectivity index (χ1v) is 6.00. The molecule has 0 bridgehead atoms. The Hall–Kier alpha value is -0.610. The minimum atomic E-state index is -0.00495. The van der Waals surface area contributed by atoms with E-state index in [-0.39, 0.29) is 11.9 Å². The summed E-state index contributed by atoms with van der Waals surface area (Å²) in [5.74, 6) is 0.772. The fourth-order valence-corrected chi connectivity index (χ4v) is 2.35. The molecule has 0 aromatic heterocycles. The Balaban J connectivity index is 2.49. The molecular formula is C12H24N2O2. The normalized spacial score (nSPS) is 24.1. The van der Waals surface area contributed by atoms with Gasteiger partial charge in [-0.1, -0.05) is 0 Å². The van der Waals surface area contributed by atoms with Gasteiger partial charge in [-0.2, -0.15) is 0 Å². The average molecular weight is 228 g/mol. The van der Waals surface area contributed by atoms with Crippen LogP contribution in [-0.4, -0.2) is 62.7 Å². The fraction of sp³-hybridized carbons (Fsp3) is 0.917. The lowest BCUT2D eigenvalue weighted by atomic mass is 9.97. The largest absolute Gasteiger partial charge is 0.384 e. The number of rotatable bonds is 4. The Kier molecular flexibility index (Phi) is 5.22. The van der Waals surface area contributed by atoms with Crippen LogP contribution in [-0.2, 0) is 9.53 Å². The highest BCUT2D eigenvalue weighted by molar-refractivity contribution is 5.80. The first-order valence-electron chi connectivity index (χ1n) is 6.00. The molecule has 1 fully saturated rings. The van der Waals surface area contributed by atoms with Gasteiger partial charge in [0.05, 0.1) is 12.6 Å². The van der Waals surface area contributed by atoms with E-state index in [0.717, 1.165) is 19.7 Å². The molecule has 1 rings (SSSR count). The number of piperidine rings is 1. The van der Waals surface area contributed by atoms with Crippen LogP contribution in [0, 0.1) is 5.92 Å². The fourth-order valence-electron chi connectivity index (χ4n) is 2.35. The molecule has 1 heterocycles. The highest BCUT2D eigenvalue weighted by Crippen LogP contribution is 2.19. The SMILES string of the molecule is COC[C@@H]1CCCN([C@@H](C)C(=O)N(C)C)C1. The van der Waals surface area contributed by atoms with Crippen LogP contribution in [0.1, 0.15) is 19.8 Å². The first-order chi connectivity index (χ1) is 7.56. The lowest BCUT2D eigenvalue weighted by molar-refractivity contribution is -0.134. The summed E-state index contributed by atoms with van der Waals surface area (Å²) in [6, 6.07) is -0.00495. The van der Waals surface area contributed by atoms with Crippen LogP contribution >= 0.6 is 0 Å². The molecule has 2 atom stereocenters. The van der Waals surface area contributed by atoms with Gasteiger partial charge in [0.15, 0.2) is 0 Å². The molecule has 16 heavy (non-hydrogen) atoms. The van der Waals surface area contributed by atoms with Gasteiger partial charge in [-0.3, -0.25) is 9.69 Å². The van der Waals surface area contributed by atoms with Crippen LogP contribution in [0.5, 0.6) is 0 Å². The number of hydrogen-bond acceptors (Lipinski definition) is 3. The third-order valence-corrected chi connectivity index (χ3v) is 3.30. The number of carbonyl (C=O) groups excluding carboxylic acids is 1. The summed E-state index contributed by atoms with van der Waals surface area (Å²) in [6.07, 6.45) is 2.38. The number of methoxy groups -OCH3 is 1. The smallest absolute Gasteiger partial charge is 0.239 e. The Morgan fingerprint density at radius 3 is 2.81 bits per heavy atom. The summed E-state index contributed by atoms with van der Waals surface area (Å²) in [7, 11) is 5.37. The van der Waals surface area contributed by atoms with Crippen LogP contribution in [0.3, 0.4) is 0 Å². The number of likely N-dealkylation sites (N-methyl/N-ethyl adjacent to an activating group) is 1. The van der Waals surface area contributed by atoms with Crippen molar-refractivity contribution >= 4 is 5.91 Å². The molecule has 0 aromatic carbocycles. The predicted molar refractivity (Wildman–Crippen MR) is 64.3 cm³/mol. The van der Waals surface area contributed by atoms with Crippen molar-refractivity contribution in [1.29, 1.82) is 0 Å². The summed E-state index contributed by atoms with van der Waals surface area (Å²) in [5.41, 5.74) is 0. The summed E-state index contributed by atoms with van der Waals surface area (Å²) >= 11 is 0. The standard InChI is InChI=1S/C12H24N2O2/c1-10(12(15)13(2)3)14-7-5-6-11(8-14)9-16-4/h10-11H,5-9H2,1-4H3/t10-,11+/m0/s1. The molecule has 1 amide bonds. The Labute approximate surface area is 98.5 Å². The van der Waals surface area contributed by atoms with Crippen LogP contribution in [0.25, 0.3) is 0 Å². The molecule has 94 valence electrons. The number of carbonyl (C=O) groups is 1. The van der Waals surface area contributed by atoms with E-state index in [4.69, 9.17) is 4.74 Å². The van der Waals surface area contributed by atoms with E-state index in [9.17, 15) is 4.79 Å². The van der Waals surface area contributed by atoms with Crippen molar-refractivity contribution in [1.82, 2.24) is 9.80 Å². The molecule has 1 aliphatic rings. The topological polar surface area (TPSA) is 32.8 Å². The van der Waals surface area contributed by atoms with Crippen molar-refractivity contribution in [2.75, 3.05) is 40.9 Å². The molecule has 4 heteroatoms. The van der Waals surface area contributed by atoms with E-state index in [1.807, 2.05) is 21.0 Å². The number of nitrogens with zero attached hydrogens (tertiary/aromatic N) is 2. The van der Waals surface area contributed by atoms with Crippen LogP contribution in [0.15, 0.2) is 0 Å². The highest BCUT2D eigenvalue weighted by atomic mass is 16.5. The van der Waals surface area contributed by atoms with Gasteiger partial charge >= 0.3 is 0 Å². The molecule has 1 saturated heterocycles. The molecule has 0 N–H and O–H groups in total. The van der Waals surface area contributed by atoms with Gasteiger partial charge in [-0.05, 0) is 32.2 Å². The van der Waals surface area contributed by atoms with Crippen molar-refractivity contribution in [2.45, 2.75) is 25.8 Å². The number of hydrogen-bond donors (Lipinski definition) is 0. The average Bonchev–Trinajstić information content (AvgIpc) is 2.28. The molecule has 1 aliphatic heterocycles. The van der Waals surface area contributed by atoms with Gasteiger partial charge in [0.1, 0.15) is 0 Å². The Morgan fingerprint density at radius 2 is 2.25 bits per heavy atom. The minimum Gasteiger partial charge on any atom is -0.384 e. The molecule has 0 unspecified atom stereocenters. The van der Waals surface area contributed by atoms with Crippen LogP contribution in [0.2, 0.25) is 0 Å². The third kappa shape index (κ3) is 3.46. The second-order valence-corrected chi connectivity index (χ2v) is 4.87. The minimum absolute atomic E-state index is 0.00495. The molecule has 0 spiro atoms. The second kappa shape index (κ2) is 6.21. The zero-order chi connectivity index (χ0) is 12.1. The Bertz CT molecular complexity index is 229. The zero-order valence-corrected chi connectivity index (χ0v) is 10.9. The first kappa shape index (κ1) is 13.5.